The third-order valence-electron chi connectivity index (χ3n) is 7.05. The first-order valence-electron chi connectivity index (χ1n) is 11.1. The molecule has 2 aliphatic rings. The lowest BCUT2D eigenvalue weighted by atomic mass is 9.61. The van der Waals surface area contributed by atoms with Gasteiger partial charge in [0.2, 0.25) is 0 Å². The van der Waals surface area contributed by atoms with Gasteiger partial charge in [0, 0.05) is 49.9 Å². The number of ether oxygens (including phenoxy) is 1. The molecule has 9 heteroatoms. The molecule has 3 aromatic heterocycles. The smallest absolute Gasteiger partial charge is 0.259 e. The Morgan fingerprint density at radius 1 is 1.27 bits per heavy atom. The number of aromatic nitrogens is 4. The summed E-state index contributed by atoms with van der Waals surface area (Å²) in [6, 6.07) is 7.24. The summed E-state index contributed by atoms with van der Waals surface area (Å²) in [6.45, 7) is 2.83. The number of fused-ring (bicyclic) bond motifs is 2. The molecule has 0 atom stereocenters. The summed E-state index contributed by atoms with van der Waals surface area (Å²) in [4.78, 5) is 14.9. The molecule has 170 valence electrons. The largest absolute Gasteiger partial charge is 0.490 e. The molecular formula is C24H23ClFN5O2. The molecule has 1 aromatic carbocycles. The number of nitrogens with zero attached hydrogens (tertiary/aromatic N) is 5. The summed E-state index contributed by atoms with van der Waals surface area (Å²) < 4.78 is 23.7. The first-order valence-corrected chi connectivity index (χ1v) is 11.4. The Hall–Kier alpha value is -2.97. The lowest BCUT2D eigenvalue weighted by molar-refractivity contribution is -0.118. The van der Waals surface area contributed by atoms with Gasteiger partial charge < -0.3 is 14.2 Å². The summed E-state index contributed by atoms with van der Waals surface area (Å²) in [5.74, 6) is 0.488. The first kappa shape index (κ1) is 20.6. The topological polar surface area (TPSA) is 64.7 Å². The van der Waals surface area contributed by atoms with E-state index in [2.05, 4.69) is 15.1 Å². The van der Waals surface area contributed by atoms with E-state index in [0.717, 1.165) is 37.9 Å². The van der Waals surface area contributed by atoms with Gasteiger partial charge in [-0.05, 0) is 49.1 Å². The number of rotatable bonds is 5. The Balaban J connectivity index is 1.06. The molecule has 1 aliphatic heterocycles. The van der Waals surface area contributed by atoms with Crippen LogP contribution >= 0.6 is 11.6 Å². The van der Waals surface area contributed by atoms with E-state index in [4.69, 9.17) is 16.3 Å². The van der Waals surface area contributed by atoms with Crippen LogP contribution in [0, 0.1) is 11.2 Å². The summed E-state index contributed by atoms with van der Waals surface area (Å²) >= 11 is 6.28. The molecular weight excluding hydrogens is 445 g/mol. The summed E-state index contributed by atoms with van der Waals surface area (Å²) in [6.07, 6.45) is 7.43. The Labute approximate surface area is 194 Å². The second kappa shape index (κ2) is 7.53. The zero-order valence-electron chi connectivity index (χ0n) is 18.2. The lowest BCUT2D eigenvalue weighted by Crippen LogP contribution is -2.64. The second-order valence-corrected chi connectivity index (χ2v) is 9.82. The second-order valence-electron chi connectivity index (χ2n) is 9.42. The van der Waals surface area contributed by atoms with Crippen LogP contribution in [-0.2, 0) is 13.5 Å². The van der Waals surface area contributed by atoms with Gasteiger partial charge in [-0.15, -0.1) is 10.2 Å². The number of hydrogen-bond donors (Lipinski definition) is 0. The number of benzene rings is 1. The predicted molar refractivity (Wildman–Crippen MR) is 123 cm³/mol. The molecule has 1 saturated carbocycles. The molecule has 0 N–H and O–H groups in total. The Morgan fingerprint density at radius 3 is 2.91 bits per heavy atom. The maximum atomic E-state index is 14.3. The lowest BCUT2D eigenvalue weighted by Gasteiger charge is -2.58. The van der Waals surface area contributed by atoms with Crippen LogP contribution in [0.1, 0.15) is 18.4 Å². The minimum Gasteiger partial charge on any atom is -0.490 e. The molecule has 2 fully saturated rings. The molecule has 4 aromatic rings. The third-order valence-corrected chi connectivity index (χ3v) is 7.36. The minimum atomic E-state index is -0.223. The minimum absolute atomic E-state index is 0.123. The number of halogens is 2. The fraction of sp³-hybridized carbons (Fsp3) is 0.375. The van der Waals surface area contributed by atoms with E-state index in [1.54, 1.807) is 29.8 Å². The highest BCUT2D eigenvalue weighted by Crippen LogP contribution is 2.50. The maximum Gasteiger partial charge on any atom is 0.259 e. The van der Waals surface area contributed by atoms with Crippen molar-refractivity contribution in [3.8, 4) is 5.75 Å². The van der Waals surface area contributed by atoms with Crippen molar-refractivity contribution in [3.63, 3.8) is 0 Å². The van der Waals surface area contributed by atoms with Crippen molar-refractivity contribution in [3.05, 3.63) is 69.7 Å². The first-order chi connectivity index (χ1) is 15.9. The van der Waals surface area contributed by atoms with Crippen LogP contribution in [0.5, 0.6) is 5.75 Å². The van der Waals surface area contributed by atoms with E-state index >= 15 is 0 Å². The van der Waals surface area contributed by atoms with Gasteiger partial charge in [-0.1, -0.05) is 11.6 Å². The van der Waals surface area contributed by atoms with Crippen LogP contribution in [0.25, 0.3) is 16.4 Å². The van der Waals surface area contributed by atoms with Crippen molar-refractivity contribution in [1.29, 1.82) is 0 Å². The van der Waals surface area contributed by atoms with E-state index < -0.39 is 0 Å². The van der Waals surface area contributed by atoms with E-state index in [0.29, 0.717) is 39.2 Å². The highest BCUT2D eigenvalue weighted by Gasteiger charge is 2.53. The molecule has 0 amide bonds. The van der Waals surface area contributed by atoms with E-state index in [1.165, 1.54) is 17.1 Å². The molecule has 7 nitrogen and oxygen atoms in total. The monoisotopic (exact) mass is 467 g/mol. The molecule has 33 heavy (non-hydrogen) atoms. The van der Waals surface area contributed by atoms with Gasteiger partial charge in [0.25, 0.3) is 5.56 Å². The molecule has 1 aliphatic carbocycles. The molecule has 1 saturated heterocycles. The summed E-state index contributed by atoms with van der Waals surface area (Å²) in [7, 11) is 1.71. The van der Waals surface area contributed by atoms with Gasteiger partial charge in [0.1, 0.15) is 17.9 Å². The van der Waals surface area contributed by atoms with E-state index in [-0.39, 0.29) is 17.5 Å². The van der Waals surface area contributed by atoms with Crippen LogP contribution in [-0.4, -0.2) is 49.8 Å². The predicted octanol–water partition coefficient (Wildman–Crippen LogP) is 3.46. The number of aryl methyl sites for hydroxylation is 1. The quantitative estimate of drug-likeness (QED) is 0.450. The standard InChI is InChI=1S/C24H23ClFN5O2/c1-29-6-5-17-20(3-2-18(25)22(17)23(29)32)33-16-9-24(10-16)12-30(13-24)7-4-15-8-21-28-27-14-31(21)11-19(15)26/h2-3,5-6,8,11,14,16H,4,7,9-10,12-13H2,1H3. The normalized spacial score (nSPS) is 18.0. The van der Waals surface area contributed by atoms with Gasteiger partial charge in [0.15, 0.2) is 5.65 Å². The number of likely N-dealkylation sites (tertiary alicyclic amines) is 1. The fourth-order valence-corrected chi connectivity index (χ4v) is 5.58. The van der Waals surface area contributed by atoms with Crippen LogP contribution in [0.4, 0.5) is 4.39 Å². The van der Waals surface area contributed by atoms with Crippen molar-refractivity contribution >= 4 is 28.0 Å². The van der Waals surface area contributed by atoms with Crippen molar-refractivity contribution in [1.82, 2.24) is 24.1 Å². The molecule has 1 spiro atoms. The van der Waals surface area contributed by atoms with Crippen molar-refractivity contribution in [2.24, 2.45) is 12.5 Å². The van der Waals surface area contributed by atoms with Crippen LogP contribution in [0.3, 0.4) is 0 Å². The van der Waals surface area contributed by atoms with Gasteiger partial charge in [0.05, 0.1) is 16.5 Å². The zero-order chi connectivity index (χ0) is 22.7. The zero-order valence-corrected chi connectivity index (χ0v) is 18.9. The molecule has 0 radical (unpaired) electrons. The Bertz CT molecular complexity index is 1430. The average molecular weight is 468 g/mol. The summed E-state index contributed by atoms with van der Waals surface area (Å²) in [5.41, 5.74) is 1.51. The van der Waals surface area contributed by atoms with Gasteiger partial charge in [-0.3, -0.25) is 9.20 Å². The Morgan fingerprint density at radius 2 is 2.09 bits per heavy atom. The van der Waals surface area contributed by atoms with Crippen LogP contribution in [0.15, 0.2) is 47.8 Å². The van der Waals surface area contributed by atoms with E-state index in [1.807, 2.05) is 12.1 Å². The van der Waals surface area contributed by atoms with E-state index in [9.17, 15) is 9.18 Å². The average Bonchev–Trinajstić information content (AvgIpc) is 3.19. The highest BCUT2D eigenvalue weighted by atomic mass is 35.5. The third kappa shape index (κ3) is 3.48. The molecule has 0 bridgehead atoms. The number of hydrogen-bond acceptors (Lipinski definition) is 5. The fourth-order valence-electron chi connectivity index (χ4n) is 5.33. The molecule has 6 rings (SSSR count). The van der Waals surface area contributed by atoms with Crippen molar-refractivity contribution in [2.45, 2.75) is 25.4 Å². The highest BCUT2D eigenvalue weighted by molar-refractivity contribution is 6.35. The van der Waals surface area contributed by atoms with Gasteiger partial charge in [-0.2, -0.15) is 0 Å². The number of pyridine rings is 2. The van der Waals surface area contributed by atoms with Gasteiger partial charge >= 0.3 is 0 Å². The SMILES string of the molecule is Cn1ccc2c(OC3CC4(C3)CN(CCc3cc5nncn5cc3F)C4)ccc(Cl)c2c1=O. The van der Waals surface area contributed by atoms with Crippen molar-refractivity contribution < 1.29 is 9.13 Å². The molecule has 4 heterocycles. The molecule has 0 unspecified atom stereocenters. The van der Waals surface area contributed by atoms with Crippen LogP contribution in [0.2, 0.25) is 5.02 Å². The van der Waals surface area contributed by atoms with Crippen LogP contribution < -0.4 is 10.3 Å². The maximum absolute atomic E-state index is 14.3. The van der Waals surface area contributed by atoms with Gasteiger partial charge in [-0.25, -0.2) is 4.39 Å². The Kier molecular flexibility index (Phi) is 4.71. The van der Waals surface area contributed by atoms with Crippen molar-refractivity contribution in [2.75, 3.05) is 19.6 Å². The summed E-state index contributed by atoms with van der Waals surface area (Å²) in [5, 5.41) is 9.51.